The number of carbonyl (C=O) groups excluding carboxylic acids is 1. The highest BCUT2D eigenvalue weighted by Crippen LogP contribution is 2.19. The monoisotopic (exact) mass is 227 g/mol. The van der Waals surface area contributed by atoms with Gasteiger partial charge in [0.2, 0.25) is 5.91 Å². The second-order valence-electron chi connectivity index (χ2n) is 3.32. The number of hydrogen-bond donors (Lipinski definition) is 2. The van der Waals surface area contributed by atoms with Gasteiger partial charge in [0.05, 0.1) is 6.54 Å². The molecule has 6 heteroatoms. The molecule has 90 valence electrons. The van der Waals surface area contributed by atoms with E-state index >= 15 is 0 Å². The van der Waals surface area contributed by atoms with Crippen LogP contribution in [0.25, 0.3) is 0 Å². The van der Waals surface area contributed by atoms with Gasteiger partial charge in [-0.15, -0.1) is 0 Å². The molecule has 0 aromatic rings. The highest BCUT2D eigenvalue weighted by Gasteiger charge is 2.38. The van der Waals surface area contributed by atoms with E-state index in [1.54, 1.807) is 0 Å². The summed E-state index contributed by atoms with van der Waals surface area (Å²) in [6.45, 7) is 1.19. The van der Waals surface area contributed by atoms with E-state index in [0.29, 0.717) is 6.42 Å². The standard InChI is InChI=1S/C9H16F3NO2/c1-2-3-4-5-8(15)13-6-7(14)9(10,11)12/h7,14H,2-6H2,1H3,(H,13,15). The first-order valence-electron chi connectivity index (χ1n) is 4.89. The second-order valence-corrected chi connectivity index (χ2v) is 3.32. The van der Waals surface area contributed by atoms with Crippen molar-refractivity contribution in [3.05, 3.63) is 0 Å². The number of unbranched alkanes of at least 4 members (excludes halogenated alkanes) is 2. The largest absolute Gasteiger partial charge is 0.416 e. The zero-order chi connectivity index (χ0) is 11.9. The molecule has 0 aromatic carbocycles. The fraction of sp³-hybridized carbons (Fsp3) is 0.889. The van der Waals surface area contributed by atoms with E-state index in [2.05, 4.69) is 0 Å². The van der Waals surface area contributed by atoms with Crippen LogP contribution in [0.3, 0.4) is 0 Å². The van der Waals surface area contributed by atoms with Crippen molar-refractivity contribution in [3.63, 3.8) is 0 Å². The van der Waals surface area contributed by atoms with E-state index in [-0.39, 0.29) is 6.42 Å². The second kappa shape index (κ2) is 6.66. The first-order chi connectivity index (χ1) is 6.88. The maximum absolute atomic E-state index is 11.8. The van der Waals surface area contributed by atoms with Crippen LogP contribution in [0.1, 0.15) is 32.6 Å². The lowest BCUT2D eigenvalue weighted by molar-refractivity contribution is -0.201. The summed E-state index contributed by atoms with van der Waals surface area (Å²) in [6, 6.07) is 0. The van der Waals surface area contributed by atoms with Crippen LogP contribution in [0.4, 0.5) is 13.2 Å². The van der Waals surface area contributed by atoms with E-state index in [1.807, 2.05) is 12.2 Å². The van der Waals surface area contributed by atoms with Gasteiger partial charge in [-0.2, -0.15) is 13.2 Å². The average molecular weight is 227 g/mol. The fourth-order valence-electron chi connectivity index (χ4n) is 0.950. The van der Waals surface area contributed by atoms with Gasteiger partial charge in [0.1, 0.15) is 0 Å². The third-order valence-corrected chi connectivity index (χ3v) is 1.88. The lowest BCUT2D eigenvalue weighted by atomic mass is 10.2. The molecule has 1 unspecified atom stereocenters. The Labute approximate surface area is 86.7 Å². The highest BCUT2D eigenvalue weighted by molar-refractivity contribution is 5.75. The molecule has 1 amide bonds. The Balaban J connectivity index is 3.62. The quantitative estimate of drug-likeness (QED) is 0.677. The number of carbonyl (C=O) groups is 1. The summed E-state index contributed by atoms with van der Waals surface area (Å²) in [5, 5.41) is 10.6. The predicted molar refractivity (Wildman–Crippen MR) is 49.2 cm³/mol. The molecule has 0 aliphatic rings. The van der Waals surface area contributed by atoms with Crippen molar-refractivity contribution in [2.45, 2.75) is 44.9 Å². The van der Waals surface area contributed by atoms with Crippen molar-refractivity contribution >= 4 is 5.91 Å². The van der Waals surface area contributed by atoms with Crippen LogP contribution in [-0.4, -0.2) is 29.8 Å². The number of amides is 1. The van der Waals surface area contributed by atoms with Crippen LogP contribution in [0.15, 0.2) is 0 Å². The molecule has 0 spiro atoms. The Morgan fingerprint density at radius 1 is 1.40 bits per heavy atom. The minimum absolute atomic E-state index is 0.207. The van der Waals surface area contributed by atoms with Crippen molar-refractivity contribution in [1.29, 1.82) is 0 Å². The van der Waals surface area contributed by atoms with E-state index in [1.165, 1.54) is 0 Å². The Bertz CT molecular complexity index is 194. The summed E-state index contributed by atoms with van der Waals surface area (Å²) in [6.07, 6.45) is -4.47. The van der Waals surface area contributed by atoms with Gasteiger partial charge in [-0.1, -0.05) is 19.8 Å². The van der Waals surface area contributed by atoms with Crippen molar-refractivity contribution in [3.8, 4) is 0 Å². The fourth-order valence-corrected chi connectivity index (χ4v) is 0.950. The average Bonchev–Trinajstić information content (AvgIpc) is 2.13. The van der Waals surface area contributed by atoms with Gasteiger partial charge in [0.15, 0.2) is 6.10 Å². The normalized spacial score (nSPS) is 13.7. The molecule has 15 heavy (non-hydrogen) atoms. The molecule has 0 radical (unpaired) electrons. The molecule has 0 fully saturated rings. The Hall–Kier alpha value is -0.780. The maximum Gasteiger partial charge on any atom is 0.416 e. The van der Waals surface area contributed by atoms with Crippen LogP contribution in [0, 0.1) is 0 Å². The molecule has 0 saturated carbocycles. The maximum atomic E-state index is 11.8. The van der Waals surface area contributed by atoms with Crippen molar-refractivity contribution in [1.82, 2.24) is 5.32 Å². The van der Waals surface area contributed by atoms with Gasteiger partial charge in [-0.3, -0.25) is 4.79 Å². The molecule has 0 aliphatic heterocycles. The predicted octanol–water partition coefficient (Wildman–Crippen LogP) is 1.61. The summed E-state index contributed by atoms with van der Waals surface area (Å²) in [7, 11) is 0. The zero-order valence-electron chi connectivity index (χ0n) is 8.60. The van der Waals surface area contributed by atoms with Gasteiger partial charge in [-0.05, 0) is 6.42 Å². The van der Waals surface area contributed by atoms with Gasteiger partial charge in [0.25, 0.3) is 0 Å². The van der Waals surface area contributed by atoms with Crippen LogP contribution in [0.2, 0.25) is 0 Å². The molecule has 0 heterocycles. The van der Waals surface area contributed by atoms with Crippen molar-refractivity contribution in [2.75, 3.05) is 6.54 Å². The number of hydrogen-bond acceptors (Lipinski definition) is 2. The van der Waals surface area contributed by atoms with E-state index in [9.17, 15) is 18.0 Å². The number of aliphatic hydroxyl groups excluding tert-OH is 1. The topological polar surface area (TPSA) is 49.3 Å². The minimum Gasteiger partial charge on any atom is -0.382 e. The van der Waals surface area contributed by atoms with Crippen molar-refractivity contribution in [2.24, 2.45) is 0 Å². The highest BCUT2D eigenvalue weighted by atomic mass is 19.4. The first kappa shape index (κ1) is 14.2. The third kappa shape index (κ3) is 7.18. The van der Waals surface area contributed by atoms with Crippen LogP contribution in [-0.2, 0) is 4.79 Å². The molecule has 3 nitrogen and oxygen atoms in total. The first-order valence-corrected chi connectivity index (χ1v) is 4.89. The number of alkyl halides is 3. The Morgan fingerprint density at radius 2 is 2.00 bits per heavy atom. The van der Waals surface area contributed by atoms with Gasteiger partial charge < -0.3 is 10.4 Å². The molecule has 0 aliphatic carbocycles. The van der Waals surface area contributed by atoms with Crippen LogP contribution in [0.5, 0.6) is 0 Å². The molecule has 0 bridgehead atoms. The number of rotatable bonds is 6. The summed E-state index contributed by atoms with van der Waals surface area (Å²) in [4.78, 5) is 11.0. The molecular weight excluding hydrogens is 211 g/mol. The van der Waals surface area contributed by atoms with Crippen LogP contribution >= 0.6 is 0 Å². The summed E-state index contributed by atoms with van der Waals surface area (Å²) in [5.74, 6) is -0.452. The van der Waals surface area contributed by atoms with E-state index in [0.717, 1.165) is 12.8 Å². The number of aliphatic hydroxyl groups is 1. The van der Waals surface area contributed by atoms with Gasteiger partial charge >= 0.3 is 6.18 Å². The van der Waals surface area contributed by atoms with Gasteiger partial charge in [0, 0.05) is 6.42 Å². The smallest absolute Gasteiger partial charge is 0.382 e. The number of halogens is 3. The Kier molecular flexibility index (Phi) is 6.31. The lowest BCUT2D eigenvalue weighted by Gasteiger charge is -2.14. The van der Waals surface area contributed by atoms with E-state index < -0.39 is 24.7 Å². The molecule has 0 aromatic heterocycles. The van der Waals surface area contributed by atoms with Gasteiger partial charge in [-0.25, -0.2) is 0 Å². The van der Waals surface area contributed by atoms with Crippen molar-refractivity contribution < 1.29 is 23.1 Å². The minimum atomic E-state index is -4.67. The molecule has 1 atom stereocenters. The lowest BCUT2D eigenvalue weighted by Crippen LogP contribution is -2.40. The Morgan fingerprint density at radius 3 is 2.47 bits per heavy atom. The molecule has 0 rings (SSSR count). The molecular formula is C9H16F3NO2. The summed E-state index contributed by atoms with van der Waals surface area (Å²) < 4.78 is 35.4. The summed E-state index contributed by atoms with van der Waals surface area (Å²) in [5.41, 5.74) is 0. The molecule has 0 saturated heterocycles. The zero-order valence-corrected chi connectivity index (χ0v) is 8.60. The molecule has 2 N–H and O–H groups in total. The summed E-state index contributed by atoms with van der Waals surface area (Å²) >= 11 is 0. The number of nitrogens with one attached hydrogen (secondary N) is 1. The SMILES string of the molecule is CCCCCC(=O)NCC(O)C(F)(F)F. The van der Waals surface area contributed by atoms with E-state index in [4.69, 9.17) is 5.11 Å². The third-order valence-electron chi connectivity index (χ3n) is 1.88. The van der Waals surface area contributed by atoms with Crippen LogP contribution < -0.4 is 5.32 Å².